The molecule has 0 radical (unpaired) electrons. The van der Waals surface area contributed by atoms with E-state index in [1.165, 1.54) is 28.0 Å². The van der Waals surface area contributed by atoms with Crippen LogP contribution in [0, 0.1) is 0 Å². The van der Waals surface area contributed by atoms with Gasteiger partial charge in [-0.1, -0.05) is 18.2 Å². The van der Waals surface area contributed by atoms with E-state index in [9.17, 15) is 4.79 Å². The van der Waals surface area contributed by atoms with Crippen LogP contribution in [-0.2, 0) is 0 Å². The van der Waals surface area contributed by atoms with Crippen molar-refractivity contribution < 1.29 is 4.79 Å². The van der Waals surface area contributed by atoms with Crippen LogP contribution >= 0.6 is 11.3 Å². The molecule has 140 valence electrons. The Labute approximate surface area is 167 Å². The summed E-state index contributed by atoms with van der Waals surface area (Å²) in [7, 11) is 0. The van der Waals surface area contributed by atoms with Crippen molar-refractivity contribution in [2.75, 3.05) is 13.1 Å². The molecule has 1 saturated heterocycles. The number of H-pyrrole nitrogens is 1. The molecule has 4 heterocycles. The summed E-state index contributed by atoms with van der Waals surface area (Å²) in [6.07, 6.45) is 5.72. The van der Waals surface area contributed by atoms with Gasteiger partial charge in [-0.15, -0.1) is 11.3 Å². The third-order valence-corrected chi connectivity index (χ3v) is 6.06. The van der Waals surface area contributed by atoms with E-state index in [1.54, 1.807) is 5.51 Å². The molecule has 6 heteroatoms. The first-order valence-corrected chi connectivity index (χ1v) is 10.4. The topological polar surface area (TPSA) is 61.9 Å². The van der Waals surface area contributed by atoms with Gasteiger partial charge in [-0.25, -0.2) is 4.98 Å². The second-order valence-electron chi connectivity index (χ2n) is 7.16. The van der Waals surface area contributed by atoms with E-state index in [0.29, 0.717) is 12.2 Å². The number of likely N-dealkylation sites (tertiary alicyclic amines) is 1. The van der Waals surface area contributed by atoms with Gasteiger partial charge in [0.25, 0.3) is 5.91 Å². The Morgan fingerprint density at radius 1 is 1.18 bits per heavy atom. The molecule has 1 fully saturated rings. The average molecular weight is 388 g/mol. The number of amides is 1. The number of aromatic amines is 1. The van der Waals surface area contributed by atoms with Gasteiger partial charge in [0, 0.05) is 58.9 Å². The molecule has 0 unspecified atom stereocenters. The van der Waals surface area contributed by atoms with Crippen molar-refractivity contribution >= 4 is 28.1 Å². The number of benzene rings is 1. The summed E-state index contributed by atoms with van der Waals surface area (Å²) in [5.41, 5.74) is 7.00. The molecule has 28 heavy (non-hydrogen) atoms. The van der Waals surface area contributed by atoms with Crippen LogP contribution in [0.4, 0.5) is 0 Å². The second kappa shape index (κ2) is 7.20. The average Bonchev–Trinajstić information content (AvgIpc) is 3.42. The minimum Gasteiger partial charge on any atom is -0.358 e. The van der Waals surface area contributed by atoms with E-state index >= 15 is 0 Å². The Balaban J connectivity index is 1.55. The van der Waals surface area contributed by atoms with Crippen LogP contribution < -0.4 is 0 Å². The van der Waals surface area contributed by atoms with Crippen molar-refractivity contribution in [2.24, 2.45) is 0 Å². The van der Waals surface area contributed by atoms with Crippen LogP contribution in [0.25, 0.3) is 22.0 Å². The Bertz CT molecular complexity index is 1100. The van der Waals surface area contributed by atoms with Gasteiger partial charge in [-0.3, -0.25) is 9.78 Å². The zero-order valence-electron chi connectivity index (χ0n) is 15.3. The van der Waals surface area contributed by atoms with Gasteiger partial charge in [0.15, 0.2) is 0 Å². The Morgan fingerprint density at radius 2 is 2.04 bits per heavy atom. The van der Waals surface area contributed by atoms with Crippen LogP contribution in [0.3, 0.4) is 0 Å². The predicted octanol–water partition coefficient (Wildman–Crippen LogP) is 4.71. The van der Waals surface area contributed by atoms with Crippen LogP contribution in [-0.4, -0.2) is 38.8 Å². The molecule has 5 nitrogen and oxygen atoms in total. The predicted molar refractivity (Wildman–Crippen MR) is 112 cm³/mol. The highest BCUT2D eigenvalue weighted by Crippen LogP contribution is 2.39. The number of hydrogen-bond acceptors (Lipinski definition) is 4. The number of pyridine rings is 1. The highest BCUT2D eigenvalue weighted by Gasteiger charge is 2.29. The van der Waals surface area contributed by atoms with Crippen molar-refractivity contribution in [3.63, 3.8) is 0 Å². The van der Waals surface area contributed by atoms with Crippen molar-refractivity contribution in [3.8, 4) is 11.1 Å². The highest BCUT2D eigenvalue weighted by atomic mass is 32.1. The molecule has 4 aromatic rings. The fraction of sp³-hybridized carbons (Fsp3) is 0.227. The number of rotatable bonds is 3. The van der Waals surface area contributed by atoms with Crippen LogP contribution in [0.2, 0.25) is 0 Å². The number of carbonyl (C=O) groups is 1. The summed E-state index contributed by atoms with van der Waals surface area (Å²) in [5.74, 6) is 0.305. The molecule has 1 aliphatic rings. The first kappa shape index (κ1) is 17.1. The van der Waals surface area contributed by atoms with Crippen molar-refractivity contribution in [2.45, 2.75) is 18.8 Å². The summed E-state index contributed by atoms with van der Waals surface area (Å²) < 4.78 is 0. The van der Waals surface area contributed by atoms with Crippen LogP contribution in [0.1, 0.15) is 34.9 Å². The fourth-order valence-electron chi connectivity index (χ4n) is 4.18. The number of piperidine rings is 1. The molecule has 5 rings (SSSR count). The largest absolute Gasteiger partial charge is 0.358 e. The molecule has 1 aromatic carbocycles. The molecular formula is C22H20N4OS. The van der Waals surface area contributed by atoms with Crippen molar-refractivity contribution in [1.29, 1.82) is 0 Å². The molecule has 1 atom stereocenters. The minimum absolute atomic E-state index is 0.0347. The number of hydrogen-bond donors (Lipinski definition) is 1. The summed E-state index contributed by atoms with van der Waals surface area (Å²) in [4.78, 5) is 26.8. The van der Waals surface area contributed by atoms with Gasteiger partial charge in [-0.05, 0) is 36.6 Å². The lowest BCUT2D eigenvalue weighted by Gasteiger charge is -2.32. The molecule has 3 aromatic heterocycles. The maximum Gasteiger partial charge on any atom is 0.273 e. The van der Waals surface area contributed by atoms with Gasteiger partial charge >= 0.3 is 0 Å². The molecular weight excluding hydrogens is 368 g/mol. The summed E-state index contributed by atoms with van der Waals surface area (Å²) >= 11 is 1.46. The second-order valence-corrected chi connectivity index (χ2v) is 7.88. The lowest BCUT2D eigenvalue weighted by Crippen LogP contribution is -2.39. The maximum atomic E-state index is 12.8. The summed E-state index contributed by atoms with van der Waals surface area (Å²) in [6.45, 7) is 1.50. The zero-order valence-corrected chi connectivity index (χ0v) is 16.2. The Hall–Kier alpha value is -2.99. The van der Waals surface area contributed by atoms with Gasteiger partial charge in [0.05, 0.1) is 5.51 Å². The number of thiazole rings is 1. The van der Waals surface area contributed by atoms with Gasteiger partial charge in [0.2, 0.25) is 0 Å². The van der Waals surface area contributed by atoms with E-state index in [1.807, 2.05) is 22.7 Å². The number of carbonyl (C=O) groups excluding carboxylic acids is 1. The normalized spacial score (nSPS) is 17.1. The first-order chi connectivity index (χ1) is 13.8. The molecule has 1 amide bonds. The van der Waals surface area contributed by atoms with Crippen molar-refractivity contribution in [3.05, 3.63) is 71.1 Å². The Morgan fingerprint density at radius 3 is 2.86 bits per heavy atom. The number of para-hydroxylation sites is 1. The molecule has 1 aliphatic heterocycles. The highest BCUT2D eigenvalue weighted by molar-refractivity contribution is 7.07. The SMILES string of the molecule is O=C(c1cscn1)N1CCC[C@H](c2[nH]c3ccccc3c2-c2ccncc2)C1. The third-order valence-electron chi connectivity index (χ3n) is 5.47. The van der Waals surface area contributed by atoms with E-state index < -0.39 is 0 Å². The van der Waals surface area contributed by atoms with Gasteiger partial charge in [0.1, 0.15) is 5.69 Å². The number of aromatic nitrogens is 3. The first-order valence-electron chi connectivity index (χ1n) is 9.50. The lowest BCUT2D eigenvalue weighted by atomic mass is 9.89. The van der Waals surface area contributed by atoms with Crippen LogP contribution in [0.15, 0.2) is 59.7 Å². The van der Waals surface area contributed by atoms with E-state index in [-0.39, 0.29) is 11.8 Å². The summed E-state index contributed by atoms with van der Waals surface area (Å²) in [6, 6.07) is 12.5. The monoisotopic (exact) mass is 388 g/mol. The van der Waals surface area contributed by atoms with E-state index in [0.717, 1.165) is 30.5 Å². The standard InChI is InChI=1S/C22H20N4OS/c27-22(19-13-28-14-24-19)26-11-3-4-16(12-26)21-20(15-7-9-23-10-8-15)17-5-1-2-6-18(17)25-21/h1-2,5-10,13-14,16,25H,3-4,11-12H2/t16-/m0/s1. The smallest absolute Gasteiger partial charge is 0.273 e. The van der Waals surface area contributed by atoms with E-state index in [2.05, 4.69) is 51.4 Å². The molecule has 0 saturated carbocycles. The number of nitrogens with zero attached hydrogens (tertiary/aromatic N) is 3. The molecule has 0 spiro atoms. The minimum atomic E-state index is 0.0347. The quantitative estimate of drug-likeness (QED) is 0.553. The summed E-state index contributed by atoms with van der Waals surface area (Å²) in [5, 5.41) is 3.05. The zero-order chi connectivity index (χ0) is 18.9. The Kier molecular flexibility index (Phi) is 4.41. The molecule has 0 aliphatic carbocycles. The molecule has 1 N–H and O–H groups in total. The fourth-order valence-corrected chi connectivity index (χ4v) is 4.70. The lowest BCUT2D eigenvalue weighted by molar-refractivity contribution is 0.0701. The maximum absolute atomic E-state index is 12.8. The van der Waals surface area contributed by atoms with E-state index in [4.69, 9.17) is 0 Å². The van der Waals surface area contributed by atoms with Crippen LogP contribution in [0.5, 0.6) is 0 Å². The number of fused-ring (bicyclic) bond motifs is 1. The third kappa shape index (κ3) is 2.99. The van der Waals surface area contributed by atoms with Crippen molar-refractivity contribution in [1.82, 2.24) is 19.9 Å². The van der Waals surface area contributed by atoms with Gasteiger partial charge in [-0.2, -0.15) is 0 Å². The number of nitrogens with one attached hydrogen (secondary N) is 1. The molecule has 0 bridgehead atoms. The van der Waals surface area contributed by atoms with Gasteiger partial charge < -0.3 is 9.88 Å².